The molecule has 5 rings (SSSR count). The van der Waals surface area contributed by atoms with Gasteiger partial charge in [-0.05, 0) is 43.4 Å². The van der Waals surface area contributed by atoms with Crippen molar-refractivity contribution < 1.29 is 22.7 Å². The third-order valence-corrected chi connectivity index (χ3v) is 7.61. The van der Waals surface area contributed by atoms with Crippen molar-refractivity contribution in [2.24, 2.45) is 5.10 Å². The van der Waals surface area contributed by atoms with E-state index in [-0.39, 0.29) is 17.8 Å². The summed E-state index contributed by atoms with van der Waals surface area (Å²) in [6, 6.07) is 8.03. The second-order valence-electron chi connectivity index (χ2n) is 9.92. The maximum absolute atomic E-state index is 13.2. The molecule has 4 heterocycles. The number of benzene rings is 1. The van der Waals surface area contributed by atoms with Gasteiger partial charge in [-0.25, -0.2) is 0 Å². The van der Waals surface area contributed by atoms with Crippen LogP contribution in [-0.2, 0) is 17.4 Å². The molecule has 3 aliphatic rings. The molecular weight excluding hydrogens is 487 g/mol. The molecular formula is C25H32F3N7O2. The third-order valence-electron chi connectivity index (χ3n) is 7.61. The SMILES string of the molecule is C[C@H]1C(=O)N(C)CCN1CCOc1ccc(C2CCN(C3=Nn4c(nnc4C(F)(F)F)CC3)CC2)cc1. The van der Waals surface area contributed by atoms with Gasteiger partial charge < -0.3 is 14.5 Å². The number of amides is 1. The Kier molecular flexibility index (Phi) is 7.11. The van der Waals surface area contributed by atoms with Gasteiger partial charge in [-0.1, -0.05) is 12.1 Å². The van der Waals surface area contributed by atoms with Gasteiger partial charge in [-0.2, -0.15) is 22.9 Å². The van der Waals surface area contributed by atoms with Gasteiger partial charge in [0, 0.05) is 52.6 Å². The normalized spacial score (nSPS) is 21.7. The number of carbonyl (C=O) groups excluding carboxylic acids is 1. The summed E-state index contributed by atoms with van der Waals surface area (Å²) in [5, 5.41) is 11.2. The highest BCUT2D eigenvalue weighted by atomic mass is 19.4. The maximum Gasteiger partial charge on any atom is 0.453 e. The molecule has 9 nitrogen and oxygen atoms in total. The quantitative estimate of drug-likeness (QED) is 0.605. The molecule has 2 aromatic rings. The molecule has 37 heavy (non-hydrogen) atoms. The number of likely N-dealkylation sites (tertiary alicyclic amines) is 1. The van der Waals surface area contributed by atoms with Crippen LogP contribution in [0.4, 0.5) is 13.2 Å². The first-order valence-electron chi connectivity index (χ1n) is 12.8. The minimum absolute atomic E-state index is 0.125. The van der Waals surface area contributed by atoms with Crippen molar-refractivity contribution in [3.63, 3.8) is 0 Å². The van der Waals surface area contributed by atoms with E-state index in [1.54, 1.807) is 4.90 Å². The minimum Gasteiger partial charge on any atom is -0.492 e. The molecule has 1 aromatic heterocycles. The zero-order valence-electron chi connectivity index (χ0n) is 21.1. The Bertz CT molecular complexity index is 1140. The van der Waals surface area contributed by atoms with E-state index in [9.17, 15) is 18.0 Å². The maximum atomic E-state index is 13.2. The zero-order chi connectivity index (χ0) is 26.2. The summed E-state index contributed by atoms with van der Waals surface area (Å²) in [6.45, 7) is 6.22. The van der Waals surface area contributed by atoms with E-state index >= 15 is 0 Å². The van der Waals surface area contributed by atoms with Crippen molar-refractivity contribution in [2.45, 2.75) is 50.7 Å². The lowest BCUT2D eigenvalue weighted by Gasteiger charge is -2.37. The van der Waals surface area contributed by atoms with E-state index < -0.39 is 12.0 Å². The molecule has 0 bridgehead atoms. The molecule has 12 heteroatoms. The molecule has 1 atom stereocenters. The molecule has 1 aromatic carbocycles. The number of rotatable bonds is 5. The van der Waals surface area contributed by atoms with E-state index in [2.05, 4.69) is 37.2 Å². The smallest absolute Gasteiger partial charge is 0.453 e. The highest BCUT2D eigenvalue weighted by Crippen LogP contribution is 2.32. The average molecular weight is 520 g/mol. The Morgan fingerprint density at radius 3 is 2.46 bits per heavy atom. The fourth-order valence-electron chi connectivity index (χ4n) is 5.31. The summed E-state index contributed by atoms with van der Waals surface area (Å²) in [7, 11) is 1.84. The number of alkyl halides is 3. The first kappa shape index (κ1) is 25.5. The van der Waals surface area contributed by atoms with E-state index in [0.717, 1.165) is 49.4 Å². The first-order chi connectivity index (χ1) is 17.7. The van der Waals surface area contributed by atoms with Crippen LogP contribution in [0, 0.1) is 0 Å². The van der Waals surface area contributed by atoms with Crippen LogP contribution in [0.1, 0.15) is 49.3 Å². The number of aromatic nitrogens is 3. The number of fused-ring (bicyclic) bond motifs is 1. The Morgan fingerprint density at radius 2 is 1.76 bits per heavy atom. The van der Waals surface area contributed by atoms with Gasteiger partial charge in [0.2, 0.25) is 5.91 Å². The van der Waals surface area contributed by atoms with Gasteiger partial charge in [0.1, 0.15) is 18.2 Å². The number of hydrogen-bond acceptors (Lipinski definition) is 7. The highest BCUT2D eigenvalue weighted by molar-refractivity contribution is 5.83. The Morgan fingerprint density at radius 1 is 1.03 bits per heavy atom. The number of halogens is 3. The summed E-state index contributed by atoms with van der Waals surface area (Å²) in [6.07, 6.45) is -1.82. The molecule has 3 aliphatic heterocycles. The number of likely N-dealkylation sites (N-methyl/N-ethyl adjacent to an activating group) is 1. The number of carbonyl (C=O) groups is 1. The fraction of sp³-hybridized carbons (Fsp3) is 0.600. The van der Waals surface area contributed by atoms with Gasteiger partial charge in [0.05, 0.1) is 6.04 Å². The number of hydrogen-bond donors (Lipinski definition) is 0. The van der Waals surface area contributed by atoms with E-state index in [4.69, 9.17) is 4.74 Å². The summed E-state index contributed by atoms with van der Waals surface area (Å²) in [5.74, 6) is 1.17. The summed E-state index contributed by atoms with van der Waals surface area (Å²) in [5.41, 5.74) is 1.23. The average Bonchev–Trinajstić information content (AvgIpc) is 3.33. The van der Waals surface area contributed by atoms with Gasteiger partial charge in [-0.15, -0.1) is 10.2 Å². The predicted octanol–water partition coefficient (Wildman–Crippen LogP) is 2.83. The van der Waals surface area contributed by atoms with Crippen molar-refractivity contribution in [2.75, 3.05) is 46.4 Å². The Labute approximate surface area is 213 Å². The van der Waals surface area contributed by atoms with Crippen LogP contribution in [0.2, 0.25) is 0 Å². The summed E-state index contributed by atoms with van der Waals surface area (Å²) < 4.78 is 46.4. The zero-order valence-corrected chi connectivity index (χ0v) is 21.1. The van der Waals surface area contributed by atoms with Crippen LogP contribution in [-0.4, -0.2) is 93.7 Å². The number of aryl methyl sites for hydroxylation is 1. The topological polar surface area (TPSA) is 79.1 Å². The second kappa shape index (κ2) is 10.3. The van der Waals surface area contributed by atoms with Crippen molar-refractivity contribution in [3.05, 3.63) is 41.5 Å². The van der Waals surface area contributed by atoms with Gasteiger partial charge in [0.25, 0.3) is 5.82 Å². The van der Waals surface area contributed by atoms with Crippen LogP contribution in [0.25, 0.3) is 0 Å². The van der Waals surface area contributed by atoms with Crippen LogP contribution < -0.4 is 4.74 Å². The number of nitrogens with zero attached hydrogens (tertiary/aromatic N) is 7. The molecule has 1 amide bonds. The summed E-state index contributed by atoms with van der Waals surface area (Å²) in [4.78, 5) is 18.1. The van der Waals surface area contributed by atoms with Crippen molar-refractivity contribution >= 4 is 11.7 Å². The molecule has 0 saturated carbocycles. The molecule has 200 valence electrons. The van der Waals surface area contributed by atoms with Gasteiger partial charge >= 0.3 is 6.18 Å². The van der Waals surface area contributed by atoms with Crippen LogP contribution in [0.15, 0.2) is 29.4 Å². The standard InChI is InChI=1S/C25H32F3N7O2/c1-17-23(36)32(2)13-14-33(17)15-16-37-20-5-3-18(4-6-20)19-9-11-34(12-10-19)22-8-7-21-29-30-24(25(26,27)28)35(21)31-22/h3-6,17,19H,7-16H2,1-2H3/t17-/m0/s1. The molecule has 0 N–H and O–H groups in total. The first-order valence-corrected chi connectivity index (χ1v) is 12.8. The lowest BCUT2D eigenvalue weighted by atomic mass is 9.89. The number of piperazine rings is 1. The Balaban J connectivity index is 1.12. The molecule has 2 saturated heterocycles. The minimum atomic E-state index is -4.58. The molecule has 2 fully saturated rings. The van der Waals surface area contributed by atoms with Crippen LogP contribution in [0.5, 0.6) is 5.75 Å². The van der Waals surface area contributed by atoms with E-state index in [1.807, 2.05) is 26.1 Å². The fourth-order valence-corrected chi connectivity index (χ4v) is 5.31. The van der Waals surface area contributed by atoms with Crippen molar-refractivity contribution in [3.8, 4) is 5.75 Å². The van der Waals surface area contributed by atoms with Crippen molar-refractivity contribution in [1.82, 2.24) is 29.6 Å². The van der Waals surface area contributed by atoms with Crippen molar-refractivity contribution in [1.29, 1.82) is 0 Å². The number of piperidine rings is 1. The van der Waals surface area contributed by atoms with Gasteiger partial charge in [-0.3, -0.25) is 9.69 Å². The van der Waals surface area contributed by atoms with Crippen LogP contribution >= 0.6 is 0 Å². The van der Waals surface area contributed by atoms with Gasteiger partial charge in [0.15, 0.2) is 5.82 Å². The highest BCUT2D eigenvalue weighted by Gasteiger charge is 2.40. The van der Waals surface area contributed by atoms with Crippen LogP contribution in [0.3, 0.4) is 0 Å². The molecule has 0 spiro atoms. The van der Waals surface area contributed by atoms with E-state index in [0.29, 0.717) is 37.7 Å². The second-order valence-corrected chi connectivity index (χ2v) is 9.92. The monoisotopic (exact) mass is 519 g/mol. The summed E-state index contributed by atoms with van der Waals surface area (Å²) >= 11 is 0. The lowest BCUT2D eigenvalue weighted by molar-refractivity contribution is -0.147. The predicted molar refractivity (Wildman–Crippen MR) is 130 cm³/mol. The number of ether oxygens (including phenoxy) is 1. The van der Waals surface area contributed by atoms with E-state index in [1.165, 1.54) is 5.56 Å². The largest absolute Gasteiger partial charge is 0.492 e. The Hall–Kier alpha value is -3.15. The third kappa shape index (κ3) is 5.43. The lowest BCUT2D eigenvalue weighted by Crippen LogP contribution is -2.55. The molecule has 0 radical (unpaired) electrons. The molecule has 0 aliphatic carbocycles. The molecule has 0 unspecified atom stereocenters. The number of amidine groups is 1.